The Morgan fingerprint density at radius 3 is 2.46 bits per heavy atom. The zero-order chi connectivity index (χ0) is 19.1. The lowest BCUT2D eigenvalue weighted by atomic mass is 9.99. The Kier molecular flexibility index (Phi) is 8.13. The largest absolute Gasteiger partial charge is 0.490 e. The van der Waals surface area contributed by atoms with Gasteiger partial charge in [-0.3, -0.25) is 0 Å². The zero-order valence-corrected chi connectivity index (χ0v) is 18.2. The standard InChI is InChI=1S/C20H22Br2O4/c1-4-13(2)14-5-7-19(17(22)11-14)26-20(23)16-12-15(21)6-8-18(16)25-10-9-24-3/h5-8,11-13H,4,9-10H2,1-3H3. The molecule has 1 atom stereocenters. The van der Waals surface area contributed by atoms with Crippen LogP contribution in [-0.4, -0.2) is 26.3 Å². The number of methoxy groups -OCH3 is 1. The first-order chi connectivity index (χ1) is 12.5. The summed E-state index contributed by atoms with van der Waals surface area (Å²) in [6.07, 6.45) is 1.05. The summed E-state index contributed by atoms with van der Waals surface area (Å²) in [6.45, 7) is 5.10. The van der Waals surface area contributed by atoms with Crippen LogP contribution < -0.4 is 9.47 Å². The Labute approximate surface area is 171 Å². The zero-order valence-electron chi connectivity index (χ0n) is 15.1. The Morgan fingerprint density at radius 2 is 1.81 bits per heavy atom. The molecule has 0 spiro atoms. The van der Waals surface area contributed by atoms with Crippen LogP contribution in [0.15, 0.2) is 45.3 Å². The molecule has 4 nitrogen and oxygen atoms in total. The lowest BCUT2D eigenvalue weighted by Crippen LogP contribution is -2.13. The summed E-state index contributed by atoms with van der Waals surface area (Å²) in [5.41, 5.74) is 1.55. The van der Waals surface area contributed by atoms with E-state index in [2.05, 4.69) is 45.7 Å². The molecule has 0 N–H and O–H groups in total. The van der Waals surface area contributed by atoms with Crippen molar-refractivity contribution in [3.8, 4) is 11.5 Å². The molecule has 2 aromatic rings. The summed E-state index contributed by atoms with van der Waals surface area (Å²) in [6, 6.07) is 11.0. The predicted octanol–water partition coefficient (Wildman–Crippen LogP) is 5.97. The number of esters is 1. The Bertz CT molecular complexity index is 761. The molecule has 0 radical (unpaired) electrons. The summed E-state index contributed by atoms with van der Waals surface area (Å²) < 4.78 is 17.7. The first kappa shape index (κ1) is 20.9. The van der Waals surface area contributed by atoms with Gasteiger partial charge in [0.05, 0.1) is 11.1 Å². The monoisotopic (exact) mass is 484 g/mol. The van der Waals surface area contributed by atoms with Gasteiger partial charge >= 0.3 is 5.97 Å². The van der Waals surface area contributed by atoms with Crippen LogP contribution in [0.5, 0.6) is 11.5 Å². The minimum absolute atomic E-state index is 0.353. The molecule has 0 bridgehead atoms. The van der Waals surface area contributed by atoms with E-state index >= 15 is 0 Å². The molecule has 26 heavy (non-hydrogen) atoms. The summed E-state index contributed by atoms with van der Waals surface area (Å²) in [7, 11) is 1.60. The molecule has 2 rings (SSSR count). The summed E-state index contributed by atoms with van der Waals surface area (Å²) >= 11 is 6.88. The molecule has 0 aliphatic heterocycles. The second-order valence-electron chi connectivity index (χ2n) is 5.87. The van der Waals surface area contributed by atoms with E-state index in [1.807, 2.05) is 24.3 Å². The minimum Gasteiger partial charge on any atom is -0.490 e. The van der Waals surface area contributed by atoms with Gasteiger partial charge in [0.1, 0.15) is 23.7 Å². The maximum absolute atomic E-state index is 12.7. The Balaban J connectivity index is 2.20. The Hall–Kier alpha value is -1.37. The molecule has 0 saturated carbocycles. The van der Waals surface area contributed by atoms with Crippen LogP contribution in [0.1, 0.15) is 42.1 Å². The van der Waals surface area contributed by atoms with Gasteiger partial charge in [0.15, 0.2) is 0 Å². The van der Waals surface area contributed by atoms with E-state index < -0.39 is 5.97 Å². The molecule has 0 amide bonds. The van der Waals surface area contributed by atoms with Crippen molar-refractivity contribution < 1.29 is 19.0 Å². The normalized spacial score (nSPS) is 11.9. The summed E-state index contributed by atoms with van der Waals surface area (Å²) in [4.78, 5) is 12.7. The third-order valence-electron chi connectivity index (χ3n) is 4.05. The van der Waals surface area contributed by atoms with Gasteiger partial charge in [0.25, 0.3) is 0 Å². The molecule has 2 aromatic carbocycles. The van der Waals surface area contributed by atoms with Crippen molar-refractivity contribution >= 4 is 37.8 Å². The summed E-state index contributed by atoms with van der Waals surface area (Å²) in [5.74, 6) is 0.907. The van der Waals surface area contributed by atoms with Crippen molar-refractivity contribution in [2.75, 3.05) is 20.3 Å². The number of ether oxygens (including phenoxy) is 3. The van der Waals surface area contributed by atoms with Gasteiger partial charge in [-0.05, 0) is 64.2 Å². The number of halogens is 2. The van der Waals surface area contributed by atoms with Crippen LogP contribution in [0, 0.1) is 0 Å². The van der Waals surface area contributed by atoms with Gasteiger partial charge in [-0.15, -0.1) is 0 Å². The molecular formula is C20H22Br2O4. The van der Waals surface area contributed by atoms with Crippen molar-refractivity contribution in [2.24, 2.45) is 0 Å². The highest BCUT2D eigenvalue weighted by Gasteiger charge is 2.18. The SMILES string of the molecule is CCC(C)c1ccc(OC(=O)c2cc(Br)ccc2OCCOC)c(Br)c1. The molecule has 0 saturated heterocycles. The fourth-order valence-electron chi connectivity index (χ4n) is 2.32. The maximum Gasteiger partial charge on any atom is 0.347 e. The fourth-order valence-corrected chi connectivity index (χ4v) is 3.16. The Morgan fingerprint density at radius 1 is 1.08 bits per heavy atom. The number of carbonyl (C=O) groups is 1. The van der Waals surface area contributed by atoms with Gasteiger partial charge in [-0.25, -0.2) is 4.79 Å². The van der Waals surface area contributed by atoms with Crippen molar-refractivity contribution in [3.05, 3.63) is 56.5 Å². The van der Waals surface area contributed by atoms with Gasteiger partial charge in [0, 0.05) is 11.6 Å². The number of rotatable bonds is 8. The van der Waals surface area contributed by atoms with Crippen LogP contribution in [0.3, 0.4) is 0 Å². The first-order valence-electron chi connectivity index (χ1n) is 8.39. The molecule has 0 aliphatic rings. The van der Waals surface area contributed by atoms with Crippen LogP contribution in [0.4, 0.5) is 0 Å². The van der Waals surface area contributed by atoms with Crippen LogP contribution >= 0.6 is 31.9 Å². The first-order valence-corrected chi connectivity index (χ1v) is 9.97. The topological polar surface area (TPSA) is 44.8 Å². The number of carbonyl (C=O) groups excluding carboxylic acids is 1. The molecule has 1 unspecified atom stereocenters. The average molecular weight is 486 g/mol. The molecule has 0 fully saturated rings. The second kappa shape index (κ2) is 10.1. The van der Waals surface area contributed by atoms with E-state index in [9.17, 15) is 4.79 Å². The van der Waals surface area contributed by atoms with Gasteiger partial charge in [0.2, 0.25) is 0 Å². The average Bonchev–Trinajstić information content (AvgIpc) is 2.63. The van der Waals surface area contributed by atoms with Crippen LogP contribution in [0.25, 0.3) is 0 Å². The third kappa shape index (κ3) is 5.56. The quantitative estimate of drug-likeness (QED) is 0.262. The van der Waals surface area contributed by atoms with Crippen molar-refractivity contribution in [1.82, 2.24) is 0 Å². The van der Waals surface area contributed by atoms with Crippen molar-refractivity contribution in [1.29, 1.82) is 0 Å². The highest BCUT2D eigenvalue weighted by Crippen LogP contribution is 2.32. The van der Waals surface area contributed by atoms with E-state index in [0.29, 0.717) is 36.2 Å². The summed E-state index contributed by atoms with van der Waals surface area (Å²) in [5, 5.41) is 0. The molecule has 140 valence electrons. The highest BCUT2D eigenvalue weighted by molar-refractivity contribution is 9.10. The van der Waals surface area contributed by atoms with E-state index in [1.165, 1.54) is 5.56 Å². The lowest BCUT2D eigenvalue weighted by molar-refractivity contribution is 0.0726. The third-order valence-corrected chi connectivity index (χ3v) is 5.16. The highest BCUT2D eigenvalue weighted by atomic mass is 79.9. The van der Waals surface area contributed by atoms with Gasteiger partial charge in [-0.1, -0.05) is 35.8 Å². The number of hydrogen-bond acceptors (Lipinski definition) is 4. The maximum atomic E-state index is 12.7. The van der Waals surface area contributed by atoms with Crippen molar-refractivity contribution in [2.45, 2.75) is 26.2 Å². The number of benzene rings is 2. The van der Waals surface area contributed by atoms with Gasteiger partial charge in [-0.2, -0.15) is 0 Å². The van der Waals surface area contributed by atoms with Crippen LogP contribution in [0.2, 0.25) is 0 Å². The molecule has 0 heterocycles. The molecular weight excluding hydrogens is 464 g/mol. The van der Waals surface area contributed by atoms with Gasteiger partial charge < -0.3 is 14.2 Å². The molecule has 6 heteroatoms. The molecule has 0 aromatic heterocycles. The van der Waals surface area contributed by atoms with E-state index in [4.69, 9.17) is 14.2 Å². The van der Waals surface area contributed by atoms with E-state index in [0.717, 1.165) is 15.4 Å². The predicted molar refractivity (Wildman–Crippen MR) is 109 cm³/mol. The lowest BCUT2D eigenvalue weighted by Gasteiger charge is -2.14. The van der Waals surface area contributed by atoms with E-state index in [1.54, 1.807) is 19.2 Å². The smallest absolute Gasteiger partial charge is 0.347 e. The second-order valence-corrected chi connectivity index (χ2v) is 7.64. The van der Waals surface area contributed by atoms with E-state index in [-0.39, 0.29) is 0 Å². The fraction of sp³-hybridized carbons (Fsp3) is 0.350. The van der Waals surface area contributed by atoms with Crippen molar-refractivity contribution in [3.63, 3.8) is 0 Å². The van der Waals surface area contributed by atoms with Crippen LogP contribution in [-0.2, 0) is 4.74 Å². The number of hydrogen-bond donors (Lipinski definition) is 0. The minimum atomic E-state index is -0.476. The molecule has 0 aliphatic carbocycles.